The molecule has 0 aromatic heterocycles. The summed E-state index contributed by atoms with van der Waals surface area (Å²) in [5.41, 5.74) is 2.40. The highest BCUT2D eigenvalue weighted by molar-refractivity contribution is 7.92. The lowest BCUT2D eigenvalue weighted by Gasteiger charge is -2.30. The van der Waals surface area contributed by atoms with Crippen LogP contribution in [0.1, 0.15) is 29.3 Å². The van der Waals surface area contributed by atoms with E-state index in [-0.39, 0.29) is 11.7 Å². The summed E-state index contributed by atoms with van der Waals surface area (Å²) < 4.78 is 31.5. The standard InChI is InChI=1S/C19H21ClN2O4S/c1-3-27(24,25)22-10-4-5-13-6-8-15(12-17(13)22)21-19(23)16-11-14(20)7-9-18(16)26-2/h6-9,11-12H,3-5,10H2,1-2H3,(H,21,23). The maximum Gasteiger partial charge on any atom is 0.259 e. The second kappa shape index (κ2) is 7.78. The van der Waals surface area contributed by atoms with Crippen molar-refractivity contribution >= 4 is 38.9 Å². The van der Waals surface area contributed by atoms with Gasteiger partial charge in [0.05, 0.1) is 24.1 Å². The van der Waals surface area contributed by atoms with E-state index < -0.39 is 10.0 Å². The lowest BCUT2D eigenvalue weighted by Crippen LogP contribution is -2.36. The molecule has 2 aromatic carbocycles. The van der Waals surface area contributed by atoms with Crippen molar-refractivity contribution in [1.82, 2.24) is 0 Å². The maximum atomic E-state index is 12.7. The predicted octanol–water partition coefficient (Wildman–Crippen LogP) is 3.70. The number of anilines is 2. The highest BCUT2D eigenvalue weighted by Crippen LogP contribution is 2.32. The molecule has 0 unspecified atom stereocenters. The average Bonchev–Trinajstić information content (AvgIpc) is 2.67. The minimum atomic E-state index is -3.37. The number of aryl methyl sites for hydroxylation is 1. The molecule has 0 bridgehead atoms. The number of carbonyl (C=O) groups excluding carboxylic acids is 1. The van der Waals surface area contributed by atoms with Crippen LogP contribution >= 0.6 is 11.6 Å². The number of carbonyl (C=O) groups is 1. The van der Waals surface area contributed by atoms with Gasteiger partial charge in [0, 0.05) is 17.3 Å². The molecule has 0 radical (unpaired) electrons. The first-order chi connectivity index (χ1) is 12.9. The van der Waals surface area contributed by atoms with Crippen LogP contribution in [0.3, 0.4) is 0 Å². The topological polar surface area (TPSA) is 75.7 Å². The molecule has 0 spiro atoms. The van der Waals surface area contributed by atoms with Crippen molar-refractivity contribution in [2.75, 3.05) is 29.0 Å². The fourth-order valence-electron chi connectivity index (χ4n) is 3.12. The van der Waals surface area contributed by atoms with Gasteiger partial charge in [0.1, 0.15) is 5.75 Å². The molecule has 8 heteroatoms. The predicted molar refractivity (Wildman–Crippen MR) is 108 cm³/mol. The first-order valence-corrected chi connectivity index (χ1v) is 10.6. The number of sulfonamides is 1. The Hall–Kier alpha value is -2.25. The Balaban J connectivity index is 1.93. The fraction of sp³-hybridized carbons (Fsp3) is 0.316. The Morgan fingerprint density at radius 2 is 2.04 bits per heavy atom. The number of rotatable bonds is 5. The molecular formula is C19H21ClN2O4S. The molecule has 6 nitrogen and oxygen atoms in total. The van der Waals surface area contributed by atoms with E-state index in [2.05, 4.69) is 5.32 Å². The summed E-state index contributed by atoms with van der Waals surface area (Å²) in [6.07, 6.45) is 1.58. The monoisotopic (exact) mass is 408 g/mol. The third kappa shape index (κ3) is 4.04. The Kier molecular flexibility index (Phi) is 5.62. The molecule has 0 saturated carbocycles. The number of benzene rings is 2. The highest BCUT2D eigenvalue weighted by atomic mass is 35.5. The number of nitrogens with one attached hydrogen (secondary N) is 1. The largest absolute Gasteiger partial charge is 0.496 e. The average molecular weight is 409 g/mol. The van der Waals surface area contributed by atoms with Gasteiger partial charge < -0.3 is 10.1 Å². The van der Waals surface area contributed by atoms with Crippen LogP contribution in [0, 0.1) is 0 Å². The molecule has 0 saturated heterocycles. The highest BCUT2D eigenvalue weighted by Gasteiger charge is 2.26. The molecule has 0 atom stereocenters. The van der Waals surface area contributed by atoms with Gasteiger partial charge in [-0.05, 0) is 55.7 Å². The van der Waals surface area contributed by atoms with Gasteiger partial charge in [0.15, 0.2) is 0 Å². The van der Waals surface area contributed by atoms with Gasteiger partial charge in [-0.1, -0.05) is 17.7 Å². The molecule has 0 fully saturated rings. The van der Waals surface area contributed by atoms with E-state index in [0.717, 1.165) is 18.4 Å². The van der Waals surface area contributed by atoms with E-state index in [9.17, 15) is 13.2 Å². The molecule has 1 aliphatic rings. The van der Waals surface area contributed by atoms with Gasteiger partial charge in [-0.3, -0.25) is 9.10 Å². The zero-order valence-corrected chi connectivity index (χ0v) is 16.7. The van der Waals surface area contributed by atoms with Crippen LogP contribution in [0.4, 0.5) is 11.4 Å². The third-order valence-electron chi connectivity index (χ3n) is 4.53. The SMILES string of the molecule is CCS(=O)(=O)N1CCCc2ccc(NC(=O)c3cc(Cl)ccc3OC)cc21. The van der Waals surface area contributed by atoms with E-state index in [1.54, 1.807) is 31.2 Å². The van der Waals surface area contributed by atoms with Crippen molar-refractivity contribution in [3.05, 3.63) is 52.5 Å². The number of nitrogens with zero attached hydrogens (tertiary/aromatic N) is 1. The fourth-order valence-corrected chi connectivity index (χ4v) is 4.48. The first-order valence-electron chi connectivity index (χ1n) is 8.64. The first kappa shape index (κ1) is 19.5. The number of methoxy groups -OCH3 is 1. The van der Waals surface area contributed by atoms with Crippen molar-refractivity contribution in [2.24, 2.45) is 0 Å². The summed E-state index contributed by atoms with van der Waals surface area (Å²) in [6, 6.07) is 10.1. The summed E-state index contributed by atoms with van der Waals surface area (Å²) in [4.78, 5) is 12.7. The lowest BCUT2D eigenvalue weighted by atomic mass is 10.0. The van der Waals surface area contributed by atoms with Gasteiger partial charge in [-0.2, -0.15) is 0 Å². The van der Waals surface area contributed by atoms with Gasteiger partial charge >= 0.3 is 0 Å². The lowest BCUT2D eigenvalue weighted by molar-refractivity contribution is 0.102. The van der Waals surface area contributed by atoms with Crippen LogP contribution < -0.4 is 14.4 Å². The molecule has 1 N–H and O–H groups in total. The summed E-state index contributed by atoms with van der Waals surface area (Å²) in [5.74, 6) is 0.0583. The number of ether oxygens (including phenoxy) is 1. The number of hydrogen-bond donors (Lipinski definition) is 1. The van der Waals surface area contributed by atoms with Crippen LogP contribution in [0.15, 0.2) is 36.4 Å². The summed E-state index contributed by atoms with van der Waals surface area (Å²) in [7, 11) is -1.89. The molecule has 1 aliphatic heterocycles. The molecule has 3 rings (SSSR count). The molecule has 0 aliphatic carbocycles. The second-order valence-corrected chi connectivity index (χ2v) is 8.84. The van der Waals surface area contributed by atoms with Gasteiger partial charge in [0.2, 0.25) is 10.0 Å². The van der Waals surface area contributed by atoms with Gasteiger partial charge in [0.25, 0.3) is 5.91 Å². The van der Waals surface area contributed by atoms with Gasteiger partial charge in [-0.25, -0.2) is 8.42 Å². The number of fused-ring (bicyclic) bond motifs is 1. The van der Waals surface area contributed by atoms with Crippen LogP contribution in [0.2, 0.25) is 5.02 Å². The molecule has 2 aromatic rings. The van der Waals surface area contributed by atoms with Crippen molar-refractivity contribution in [3.8, 4) is 5.75 Å². The van der Waals surface area contributed by atoms with Crippen molar-refractivity contribution in [3.63, 3.8) is 0 Å². The number of halogens is 1. The summed E-state index contributed by atoms with van der Waals surface area (Å²) in [6.45, 7) is 2.07. The molecular weight excluding hydrogens is 388 g/mol. The number of hydrogen-bond acceptors (Lipinski definition) is 4. The molecule has 27 heavy (non-hydrogen) atoms. The smallest absolute Gasteiger partial charge is 0.259 e. The Morgan fingerprint density at radius 3 is 2.74 bits per heavy atom. The van der Waals surface area contributed by atoms with E-state index in [4.69, 9.17) is 16.3 Å². The van der Waals surface area contributed by atoms with Crippen LogP contribution in [0.25, 0.3) is 0 Å². The van der Waals surface area contributed by atoms with Crippen molar-refractivity contribution < 1.29 is 17.9 Å². The zero-order valence-electron chi connectivity index (χ0n) is 15.2. The van der Waals surface area contributed by atoms with Crippen molar-refractivity contribution in [1.29, 1.82) is 0 Å². The normalized spacial score (nSPS) is 13.8. The zero-order chi connectivity index (χ0) is 19.6. The van der Waals surface area contributed by atoms with E-state index >= 15 is 0 Å². The summed E-state index contributed by atoms with van der Waals surface area (Å²) in [5, 5.41) is 3.22. The molecule has 1 amide bonds. The van der Waals surface area contributed by atoms with E-state index in [0.29, 0.717) is 34.3 Å². The number of amides is 1. The van der Waals surface area contributed by atoms with E-state index in [1.807, 2.05) is 6.07 Å². The van der Waals surface area contributed by atoms with Crippen molar-refractivity contribution in [2.45, 2.75) is 19.8 Å². The Labute approximate surface area is 164 Å². The Bertz CT molecular complexity index is 976. The minimum absolute atomic E-state index is 0.0305. The van der Waals surface area contributed by atoms with Crippen LogP contribution in [0.5, 0.6) is 5.75 Å². The molecule has 1 heterocycles. The minimum Gasteiger partial charge on any atom is -0.496 e. The maximum absolute atomic E-state index is 12.7. The van der Waals surface area contributed by atoms with Gasteiger partial charge in [-0.15, -0.1) is 0 Å². The van der Waals surface area contributed by atoms with Crippen LogP contribution in [-0.4, -0.2) is 33.7 Å². The van der Waals surface area contributed by atoms with E-state index in [1.165, 1.54) is 17.5 Å². The third-order valence-corrected chi connectivity index (χ3v) is 6.54. The Morgan fingerprint density at radius 1 is 1.26 bits per heavy atom. The quantitative estimate of drug-likeness (QED) is 0.818. The summed E-state index contributed by atoms with van der Waals surface area (Å²) >= 11 is 5.99. The van der Waals surface area contributed by atoms with Crippen LogP contribution in [-0.2, 0) is 16.4 Å². The molecule has 144 valence electrons. The second-order valence-electron chi connectivity index (χ2n) is 6.22.